The lowest BCUT2D eigenvalue weighted by Crippen LogP contribution is -2.44. The molecule has 5 heteroatoms. The first-order valence-electron chi connectivity index (χ1n) is 6.89. The van der Waals surface area contributed by atoms with Crippen molar-refractivity contribution in [3.63, 3.8) is 0 Å². The molecule has 2 aliphatic rings. The monoisotopic (exact) mass is 336 g/mol. The molecule has 0 radical (unpaired) electrons. The Kier molecular flexibility index (Phi) is 3.97. The van der Waals surface area contributed by atoms with Crippen molar-refractivity contribution in [1.82, 2.24) is 0 Å². The van der Waals surface area contributed by atoms with Gasteiger partial charge < -0.3 is 14.8 Å². The van der Waals surface area contributed by atoms with Crippen LogP contribution in [0.4, 0.5) is 5.69 Å². The maximum atomic E-state index is 8.89. The van der Waals surface area contributed by atoms with E-state index < -0.39 is 0 Å². The van der Waals surface area contributed by atoms with Crippen LogP contribution in [-0.4, -0.2) is 31.5 Å². The molecule has 0 saturated carbocycles. The van der Waals surface area contributed by atoms with Crippen LogP contribution >= 0.6 is 15.9 Å². The summed E-state index contributed by atoms with van der Waals surface area (Å²) >= 11 is 3.52. The molecule has 2 heterocycles. The molecule has 0 aliphatic carbocycles. The van der Waals surface area contributed by atoms with Gasteiger partial charge in [0.15, 0.2) is 0 Å². The number of nitrogens with zero attached hydrogens (tertiary/aromatic N) is 1. The normalized spacial score (nSPS) is 29.3. The average Bonchev–Trinajstić information content (AvgIpc) is 2.89. The number of halogens is 1. The van der Waals surface area contributed by atoms with Gasteiger partial charge in [-0.05, 0) is 47.0 Å². The van der Waals surface area contributed by atoms with Crippen molar-refractivity contribution in [2.75, 3.05) is 25.1 Å². The van der Waals surface area contributed by atoms with E-state index in [1.807, 2.05) is 18.2 Å². The fourth-order valence-electron chi connectivity index (χ4n) is 2.94. The minimum atomic E-state index is -0.0883. The minimum Gasteiger partial charge on any atom is -0.381 e. The van der Waals surface area contributed by atoms with Gasteiger partial charge in [0.05, 0.1) is 23.8 Å². The second-order valence-electron chi connectivity index (χ2n) is 5.47. The van der Waals surface area contributed by atoms with Crippen molar-refractivity contribution in [1.29, 1.82) is 5.26 Å². The van der Waals surface area contributed by atoms with E-state index in [0.717, 1.165) is 42.6 Å². The van der Waals surface area contributed by atoms with Gasteiger partial charge in [0.2, 0.25) is 0 Å². The summed E-state index contributed by atoms with van der Waals surface area (Å²) in [5, 5.41) is 12.5. The Morgan fingerprint density at radius 2 is 2.30 bits per heavy atom. The van der Waals surface area contributed by atoms with Crippen molar-refractivity contribution in [2.24, 2.45) is 0 Å². The van der Waals surface area contributed by atoms with Crippen molar-refractivity contribution in [3.05, 3.63) is 28.2 Å². The summed E-state index contributed by atoms with van der Waals surface area (Å²) < 4.78 is 12.4. The molecule has 3 rings (SSSR count). The SMILES string of the molecule is N#Cc1ccc(NC2CCOC3(CCOC3)C2)c(Br)c1. The van der Waals surface area contributed by atoms with Gasteiger partial charge in [-0.2, -0.15) is 5.26 Å². The predicted octanol–water partition coefficient (Wildman–Crippen LogP) is 3.07. The number of nitriles is 1. The molecule has 106 valence electrons. The molecular formula is C15H17BrN2O2. The van der Waals surface area contributed by atoms with E-state index in [4.69, 9.17) is 14.7 Å². The van der Waals surface area contributed by atoms with Crippen LogP contribution in [0, 0.1) is 11.3 Å². The van der Waals surface area contributed by atoms with Crippen LogP contribution in [-0.2, 0) is 9.47 Å². The molecule has 0 aromatic heterocycles. The predicted molar refractivity (Wildman–Crippen MR) is 79.6 cm³/mol. The molecule has 2 fully saturated rings. The Bertz CT molecular complexity index is 535. The van der Waals surface area contributed by atoms with E-state index in [9.17, 15) is 0 Å². The van der Waals surface area contributed by atoms with Gasteiger partial charge in [-0.15, -0.1) is 0 Å². The molecule has 4 nitrogen and oxygen atoms in total. The quantitative estimate of drug-likeness (QED) is 0.901. The highest BCUT2D eigenvalue weighted by Gasteiger charge is 2.41. The third-order valence-corrected chi connectivity index (χ3v) is 4.67. The Hall–Kier alpha value is -1.09. The lowest BCUT2D eigenvalue weighted by Gasteiger charge is -2.37. The van der Waals surface area contributed by atoms with Crippen LogP contribution in [0.2, 0.25) is 0 Å². The van der Waals surface area contributed by atoms with Crippen molar-refractivity contribution < 1.29 is 9.47 Å². The Balaban J connectivity index is 1.70. The van der Waals surface area contributed by atoms with Gasteiger partial charge in [-0.25, -0.2) is 0 Å². The lowest BCUT2D eigenvalue weighted by atomic mass is 9.89. The van der Waals surface area contributed by atoms with Crippen LogP contribution in [0.5, 0.6) is 0 Å². The first kappa shape index (κ1) is 13.9. The Labute approximate surface area is 127 Å². The number of benzene rings is 1. The van der Waals surface area contributed by atoms with Gasteiger partial charge in [-0.3, -0.25) is 0 Å². The molecule has 20 heavy (non-hydrogen) atoms. The second kappa shape index (κ2) is 5.72. The number of hydrogen-bond acceptors (Lipinski definition) is 4. The first-order valence-corrected chi connectivity index (χ1v) is 7.68. The molecule has 2 unspecified atom stereocenters. The molecule has 1 aromatic carbocycles. The van der Waals surface area contributed by atoms with E-state index in [2.05, 4.69) is 27.3 Å². The van der Waals surface area contributed by atoms with Crippen LogP contribution in [0.1, 0.15) is 24.8 Å². The molecule has 2 saturated heterocycles. The smallest absolute Gasteiger partial charge is 0.0992 e. The number of nitrogens with one attached hydrogen (secondary N) is 1. The average molecular weight is 337 g/mol. The van der Waals surface area contributed by atoms with E-state index >= 15 is 0 Å². The van der Waals surface area contributed by atoms with Crippen LogP contribution in [0.3, 0.4) is 0 Å². The van der Waals surface area contributed by atoms with Gasteiger partial charge in [-0.1, -0.05) is 0 Å². The van der Waals surface area contributed by atoms with Gasteiger partial charge >= 0.3 is 0 Å². The molecule has 1 N–H and O–H groups in total. The molecule has 1 spiro atoms. The highest BCUT2D eigenvalue weighted by atomic mass is 79.9. The summed E-state index contributed by atoms with van der Waals surface area (Å²) in [4.78, 5) is 0. The largest absolute Gasteiger partial charge is 0.381 e. The Morgan fingerprint density at radius 3 is 3.00 bits per heavy atom. The van der Waals surface area contributed by atoms with E-state index in [1.165, 1.54) is 0 Å². The summed E-state index contributed by atoms with van der Waals surface area (Å²) in [5.41, 5.74) is 1.61. The summed E-state index contributed by atoms with van der Waals surface area (Å²) in [6.45, 7) is 2.28. The van der Waals surface area contributed by atoms with Gasteiger partial charge in [0.1, 0.15) is 0 Å². The van der Waals surface area contributed by atoms with Crippen LogP contribution in [0.25, 0.3) is 0 Å². The maximum Gasteiger partial charge on any atom is 0.0992 e. The summed E-state index contributed by atoms with van der Waals surface area (Å²) in [7, 11) is 0. The van der Waals surface area contributed by atoms with Crippen molar-refractivity contribution >= 4 is 21.6 Å². The topological polar surface area (TPSA) is 54.3 Å². The fraction of sp³-hybridized carbons (Fsp3) is 0.533. The number of hydrogen-bond donors (Lipinski definition) is 1. The second-order valence-corrected chi connectivity index (χ2v) is 6.33. The summed E-state index contributed by atoms with van der Waals surface area (Å²) in [6.07, 6.45) is 2.95. The molecule has 2 atom stereocenters. The third-order valence-electron chi connectivity index (χ3n) is 4.02. The van der Waals surface area contributed by atoms with Crippen molar-refractivity contribution in [2.45, 2.75) is 30.9 Å². The highest BCUT2D eigenvalue weighted by Crippen LogP contribution is 2.35. The minimum absolute atomic E-state index is 0.0883. The van der Waals surface area contributed by atoms with E-state index in [1.54, 1.807) is 0 Å². The van der Waals surface area contributed by atoms with Gasteiger partial charge in [0, 0.05) is 35.8 Å². The highest BCUT2D eigenvalue weighted by molar-refractivity contribution is 9.10. The summed E-state index contributed by atoms with van der Waals surface area (Å²) in [5.74, 6) is 0. The number of ether oxygens (including phenoxy) is 2. The van der Waals surface area contributed by atoms with E-state index in [0.29, 0.717) is 18.2 Å². The third kappa shape index (κ3) is 2.83. The lowest BCUT2D eigenvalue weighted by molar-refractivity contribution is -0.0828. The van der Waals surface area contributed by atoms with Crippen LogP contribution < -0.4 is 5.32 Å². The zero-order valence-electron chi connectivity index (χ0n) is 11.2. The molecular weight excluding hydrogens is 320 g/mol. The molecule has 0 bridgehead atoms. The maximum absolute atomic E-state index is 8.89. The molecule has 2 aliphatic heterocycles. The number of anilines is 1. The number of rotatable bonds is 2. The van der Waals surface area contributed by atoms with E-state index in [-0.39, 0.29) is 5.60 Å². The first-order chi connectivity index (χ1) is 9.71. The fourth-order valence-corrected chi connectivity index (χ4v) is 3.43. The Morgan fingerprint density at radius 1 is 1.40 bits per heavy atom. The zero-order valence-corrected chi connectivity index (χ0v) is 12.8. The summed E-state index contributed by atoms with van der Waals surface area (Å²) in [6, 6.07) is 8.16. The standard InChI is InChI=1S/C15H17BrN2O2/c16-13-7-11(9-17)1-2-14(13)18-12-3-5-20-15(8-12)4-6-19-10-15/h1-2,7,12,18H,3-6,8,10H2. The molecule has 1 aromatic rings. The molecule has 0 amide bonds. The van der Waals surface area contributed by atoms with Crippen LogP contribution in [0.15, 0.2) is 22.7 Å². The zero-order chi connectivity index (χ0) is 14.0. The van der Waals surface area contributed by atoms with Gasteiger partial charge in [0.25, 0.3) is 0 Å². The van der Waals surface area contributed by atoms with Crippen molar-refractivity contribution in [3.8, 4) is 6.07 Å².